The molecule has 6 heteroatoms. The Kier molecular flexibility index (Phi) is 6.56. The number of allylic oxidation sites excluding steroid dienone is 1. The third kappa shape index (κ3) is 5.07. The predicted molar refractivity (Wildman–Crippen MR) is 121 cm³/mol. The number of hydrogen-bond donors (Lipinski definition) is 0. The van der Waals surface area contributed by atoms with E-state index >= 15 is 0 Å². The molecular formula is C25H30FN3O2. The van der Waals surface area contributed by atoms with Gasteiger partial charge in [-0.25, -0.2) is 4.39 Å². The number of aryl methyl sites for hydroxylation is 1. The molecule has 0 saturated carbocycles. The summed E-state index contributed by atoms with van der Waals surface area (Å²) < 4.78 is 19.2. The van der Waals surface area contributed by atoms with E-state index in [4.69, 9.17) is 4.74 Å². The van der Waals surface area contributed by atoms with Gasteiger partial charge in [0.05, 0.1) is 11.3 Å². The van der Waals surface area contributed by atoms with Crippen molar-refractivity contribution in [3.63, 3.8) is 0 Å². The lowest BCUT2D eigenvalue weighted by Crippen LogP contribution is -2.46. The molecule has 2 aromatic carbocycles. The average Bonchev–Trinajstić information content (AvgIpc) is 2.88. The molecule has 0 aromatic heterocycles. The largest absolute Gasteiger partial charge is 0.462 e. The van der Waals surface area contributed by atoms with Gasteiger partial charge < -0.3 is 14.5 Å². The van der Waals surface area contributed by atoms with Gasteiger partial charge in [-0.3, -0.25) is 9.69 Å². The number of halogens is 1. The minimum Gasteiger partial charge on any atom is -0.462 e. The molecule has 2 aliphatic heterocycles. The molecule has 0 unspecified atom stereocenters. The lowest BCUT2D eigenvalue weighted by Gasteiger charge is -2.36. The van der Waals surface area contributed by atoms with Crippen LogP contribution in [0.25, 0.3) is 0 Å². The first-order chi connectivity index (χ1) is 15.0. The fraction of sp³-hybridized carbons (Fsp3) is 0.400. The maximum Gasteiger partial charge on any atom is 0.262 e. The second kappa shape index (κ2) is 9.52. The molecule has 2 heterocycles. The minimum atomic E-state index is -0.431. The van der Waals surface area contributed by atoms with Crippen molar-refractivity contribution in [1.29, 1.82) is 0 Å². The molecule has 164 valence electrons. The van der Waals surface area contributed by atoms with Gasteiger partial charge in [0, 0.05) is 38.4 Å². The molecule has 5 nitrogen and oxygen atoms in total. The zero-order chi connectivity index (χ0) is 21.8. The molecule has 0 bridgehead atoms. The fourth-order valence-corrected chi connectivity index (χ4v) is 4.23. The molecular weight excluding hydrogens is 393 g/mol. The first-order valence-electron chi connectivity index (χ1n) is 11.0. The standard InChI is InChI=1S/C25H30FN3O2/c1-19-6-5-7-22(16-19)28-14-12-27(13-15-28)10-3-4-11-29-20(2)18-31-24-9-8-21(26)17-23(24)25(29)30/h5-9,16-18H,3-4,10-15H2,1-2H3. The number of ether oxygens (including phenoxy) is 1. The topological polar surface area (TPSA) is 36.0 Å². The highest BCUT2D eigenvalue weighted by Crippen LogP contribution is 2.27. The number of unbranched alkanes of at least 4 members (excludes halogenated alkanes) is 1. The number of hydrogen-bond acceptors (Lipinski definition) is 4. The number of carbonyl (C=O) groups is 1. The fourth-order valence-electron chi connectivity index (χ4n) is 4.23. The Morgan fingerprint density at radius 3 is 2.52 bits per heavy atom. The maximum atomic E-state index is 13.6. The van der Waals surface area contributed by atoms with Crippen molar-refractivity contribution in [3.05, 3.63) is 71.4 Å². The van der Waals surface area contributed by atoms with Crippen LogP contribution in [-0.2, 0) is 0 Å². The number of rotatable bonds is 6. The summed E-state index contributed by atoms with van der Waals surface area (Å²) in [6.45, 7) is 9.78. The van der Waals surface area contributed by atoms with E-state index in [2.05, 4.69) is 41.0 Å². The summed E-state index contributed by atoms with van der Waals surface area (Å²) in [6.07, 6.45) is 3.48. The average molecular weight is 424 g/mol. The van der Waals surface area contributed by atoms with Crippen molar-refractivity contribution in [3.8, 4) is 5.75 Å². The van der Waals surface area contributed by atoms with Gasteiger partial charge in [-0.1, -0.05) is 12.1 Å². The molecule has 0 spiro atoms. The van der Waals surface area contributed by atoms with Gasteiger partial charge in [0.1, 0.15) is 17.8 Å². The summed E-state index contributed by atoms with van der Waals surface area (Å²) in [7, 11) is 0. The van der Waals surface area contributed by atoms with E-state index in [9.17, 15) is 9.18 Å². The molecule has 1 saturated heterocycles. The predicted octanol–water partition coefficient (Wildman–Crippen LogP) is 4.43. The number of carbonyl (C=O) groups excluding carboxylic acids is 1. The molecule has 1 fully saturated rings. The van der Waals surface area contributed by atoms with Crippen molar-refractivity contribution in [1.82, 2.24) is 9.80 Å². The first-order valence-corrected chi connectivity index (χ1v) is 11.0. The lowest BCUT2D eigenvalue weighted by atomic mass is 10.1. The van der Waals surface area contributed by atoms with Gasteiger partial charge in [-0.05, 0) is 69.1 Å². The second-order valence-corrected chi connectivity index (χ2v) is 8.35. The Hall–Kier alpha value is -2.86. The number of amides is 1. The molecule has 1 amide bonds. The van der Waals surface area contributed by atoms with Gasteiger partial charge in [0.15, 0.2) is 0 Å². The van der Waals surface area contributed by atoms with E-state index in [0.717, 1.165) is 51.3 Å². The maximum absolute atomic E-state index is 13.6. The number of nitrogens with zero attached hydrogens (tertiary/aromatic N) is 3. The minimum absolute atomic E-state index is 0.201. The third-order valence-corrected chi connectivity index (χ3v) is 6.04. The third-order valence-electron chi connectivity index (χ3n) is 6.04. The van der Waals surface area contributed by atoms with Crippen LogP contribution in [0.3, 0.4) is 0 Å². The highest BCUT2D eigenvalue weighted by atomic mass is 19.1. The molecule has 2 aliphatic rings. The Labute approximate surface area is 183 Å². The van der Waals surface area contributed by atoms with E-state index in [1.807, 2.05) is 6.92 Å². The van der Waals surface area contributed by atoms with Gasteiger partial charge >= 0.3 is 0 Å². The number of benzene rings is 2. The van der Waals surface area contributed by atoms with Gasteiger partial charge in [0.25, 0.3) is 5.91 Å². The monoisotopic (exact) mass is 423 g/mol. The van der Waals surface area contributed by atoms with Crippen molar-refractivity contribution < 1.29 is 13.9 Å². The van der Waals surface area contributed by atoms with Gasteiger partial charge in [-0.2, -0.15) is 0 Å². The SMILES string of the molecule is CC1=COc2ccc(F)cc2C(=O)N1CCCCN1CCN(c2cccc(C)c2)CC1. The summed E-state index contributed by atoms with van der Waals surface area (Å²) in [6, 6.07) is 12.8. The number of anilines is 1. The first kappa shape index (κ1) is 21.4. The van der Waals surface area contributed by atoms with Gasteiger partial charge in [-0.15, -0.1) is 0 Å². The van der Waals surface area contributed by atoms with Crippen LogP contribution < -0.4 is 9.64 Å². The summed E-state index contributed by atoms with van der Waals surface area (Å²) >= 11 is 0. The van der Waals surface area contributed by atoms with E-state index in [0.29, 0.717) is 12.3 Å². The Bertz CT molecular complexity index is 967. The Morgan fingerprint density at radius 2 is 1.74 bits per heavy atom. The molecule has 0 radical (unpaired) electrons. The molecule has 0 N–H and O–H groups in total. The summed E-state index contributed by atoms with van der Waals surface area (Å²) in [5.41, 5.74) is 3.62. The normalized spacial score (nSPS) is 17.1. The van der Waals surface area contributed by atoms with Crippen LogP contribution in [0.15, 0.2) is 54.4 Å². The highest BCUT2D eigenvalue weighted by Gasteiger charge is 2.25. The van der Waals surface area contributed by atoms with Crippen molar-refractivity contribution in [2.75, 3.05) is 44.2 Å². The van der Waals surface area contributed by atoms with Crippen LogP contribution in [0.2, 0.25) is 0 Å². The van der Waals surface area contributed by atoms with Crippen molar-refractivity contribution in [2.24, 2.45) is 0 Å². The number of fused-ring (bicyclic) bond motifs is 1. The van der Waals surface area contributed by atoms with E-state index in [1.165, 1.54) is 29.4 Å². The second-order valence-electron chi connectivity index (χ2n) is 8.35. The summed E-state index contributed by atoms with van der Waals surface area (Å²) in [5, 5.41) is 0. The molecule has 4 rings (SSSR count). The van der Waals surface area contributed by atoms with E-state index in [-0.39, 0.29) is 11.5 Å². The quantitative estimate of drug-likeness (QED) is 0.644. The summed E-state index contributed by atoms with van der Waals surface area (Å²) in [5.74, 6) is -0.229. The van der Waals surface area contributed by atoms with E-state index in [1.54, 1.807) is 11.2 Å². The van der Waals surface area contributed by atoms with Crippen LogP contribution in [0.5, 0.6) is 5.75 Å². The molecule has 31 heavy (non-hydrogen) atoms. The highest BCUT2D eigenvalue weighted by molar-refractivity contribution is 5.98. The van der Waals surface area contributed by atoms with Crippen LogP contribution in [0.4, 0.5) is 10.1 Å². The van der Waals surface area contributed by atoms with Crippen LogP contribution in [0.1, 0.15) is 35.7 Å². The Balaban J connectivity index is 1.25. The molecule has 0 atom stereocenters. The smallest absolute Gasteiger partial charge is 0.262 e. The molecule has 0 aliphatic carbocycles. The lowest BCUT2D eigenvalue weighted by molar-refractivity contribution is 0.0804. The van der Waals surface area contributed by atoms with Crippen LogP contribution in [-0.4, -0.2) is 55.0 Å². The number of piperazine rings is 1. The van der Waals surface area contributed by atoms with E-state index < -0.39 is 5.82 Å². The van der Waals surface area contributed by atoms with Crippen molar-refractivity contribution >= 4 is 11.6 Å². The zero-order valence-corrected chi connectivity index (χ0v) is 18.3. The van der Waals surface area contributed by atoms with Crippen LogP contribution in [0, 0.1) is 12.7 Å². The molecule has 2 aromatic rings. The summed E-state index contributed by atoms with van der Waals surface area (Å²) in [4.78, 5) is 19.5. The Morgan fingerprint density at radius 1 is 0.968 bits per heavy atom. The zero-order valence-electron chi connectivity index (χ0n) is 18.3. The van der Waals surface area contributed by atoms with Crippen LogP contribution >= 0.6 is 0 Å². The van der Waals surface area contributed by atoms with Crippen molar-refractivity contribution in [2.45, 2.75) is 26.7 Å². The van der Waals surface area contributed by atoms with Gasteiger partial charge in [0.2, 0.25) is 0 Å².